The second kappa shape index (κ2) is 6.77. The van der Waals surface area contributed by atoms with Gasteiger partial charge in [-0.05, 0) is 26.8 Å². The molecule has 0 spiro atoms. The summed E-state index contributed by atoms with van der Waals surface area (Å²) in [5.41, 5.74) is 1.66. The van der Waals surface area contributed by atoms with E-state index in [1.807, 2.05) is 20.9 Å². The molecule has 2 aromatic heterocycles. The van der Waals surface area contributed by atoms with E-state index in [0.29, 0.717) is 17.3 Å². The molecule has 130 valence electrons. The van der Waals surface area contributed by atoms with Crippen LogP contribution in [0.3, 0.4) is 0 Å². The Labute approximate surface area is 139 Å². The van der Waals surface area contributed by atoms with Crippen LogP contribution in [0.4, 0.5) is 0 Å². The van der Waals surface area contributed by atoms with Crippen LogP contribution in [0.5, 0.6) is 5.75 Å². The average molecular weight is 335 g/mol. The summed E-state index contributed by atoms with van der Waals surface area (Å²) in [6.45, 7) is 5.29. The van der Waals surface area contributed by atoms with Crippen molar-refractivity contribution in [3.05, 3.63) is 34.5 Å². The first-order valence-corrected chi connectivity index (χ1v) is 7.40. The van der Waals surface area contributed by atoms with Gasteiger partial charge in [-0.25, -0.2) is 4.79 Å². The number of aryl methyl sites for hydroxylation is 3. The van der Waals surface area contributed by atoms with E-state index in [1.165, 1.54) is 11.0 Å². The number of nitrogens with zero attached hydrogens (tertiary/aromatic N) is 3. The summed E-state index contributed by atoms with van der Waals surface area (Å²) in [4.78, 5) is 24.6. The fraction of sp³-hybridized carbons (Fsp3) is 0.438. The maximum atomic E-state index is 12.2. The van der Waals surface area contributed by atoms with Crippen molar-refractivity contribution in [2.75, 3.05) is 13.7 Å². The molecule has 0 bridgehead atoms. The molecule has 8 heteroatoms. The zero-order valence-corrected chi connectivity index (χ0v) is 14.4. The van der Waals surface area contributed by atoms with Gasteiger partial charge < -0.3 is 19.2 Å². The normalized spacial score (nSPS) is 10.7. The molecule has 0 saturated carbocycles. The number of aromatic carboxylic acids is 1. The zero-order valence-electron chi connectivity index (χ0n) is 14.4. The average Bonchev–Trinajstić information content (AvgIpc) is 2.97. The molecule has 8 nitrogen and oxygen atoms in total. The fourth-order valence-corrected chi connectivity index (χ4v) is 2.36. The molecule has 2 heterocycles. The van der Waals surface area contributed by atoms with Gasteiger partial charge in [0.25, 0.3) is 5.91 Å². The fourth-order valence-electron chi connectivity index (χ4n) is 2.36. The number of likely N-dealkylation sites (N-methyl/N-ethyl adjacent to an activating group) is 1. The number of carboxylic acids is 1. The number of rotatable bonds is 6. The van der Waals surface area contributed by atoms with Gasteiger partial charge >= 0.3 is 5.97 Å². The van der Waals surface area contributed by atoms with Crippen molar-refractivity contribution >= 4 is 11.9 Å². The molecule has 24 heavy (non-hydrogen) atoms. The SMILES string of the molecule is Cc1nn(C)c(C)c1OCC(=O)N(C)Cc1cc(C(=O)O)c(C)o1. The predicted molar refractivity (Wildman–Crippen MR) is 85.1 cm³/mol. The lowest BCUT2D eigenvalue weighted by Crippen LogP contribution is -2.31. The van der Waals surface area contributed by atoms with Gasteiger partial charge in [-0.2, -0.15) is 5.10 Å². The third-order valence-corrected chi connectivity index (χ3v) is 3.80. The summed E-state index contributed by atoms with van der Waals surface area (Å²) in [5.74, 6) is 0.0258. The quantitative estimate of drug-likeness (QED) is 0.862. The molecule has 0 atom stereocenters. The molecule has 0 fully saturated rings. The molecule has 0 aliphatic rings. The number of amides is 1. The zero-order chi connectivity index (χ0) is 18.0. The molecule has 0 unspecified atom stereocenters. The maximum Gasteiger partial charge on any atom is 0.339 e. The summed E-state index contributed by atoms with van der Waals surface area (Å²) in [6, 6.07) is 1.43. The van der Waals surface area contributed by atoms with E-state index in [2.05, 4.69) is 5.10 Å². The standard InChI is InChI=1S/C16H21N3O5/c1-9-15(10(2)19(5)17-9)23-8-14(20)18(4)7-12-6-13(16(21)22)11(3)24-12/h6H,7-8H2,1-5H3,(H,21,22). The predicted octanol–water partition coefficient (Wildman–Crippen LogP) is 1.67. The van der Waals surface area contributed by atoms with Gasteiger partial charge in [-0.15, -0.1) is 0 Å². The number of carboxylic acid groups (broad SMARTS) is 1. The summed E-state index contributed by atoms with van der Waals surface area (Å²) < 4.78 is 12.6. The highest BCUT2D eigenvalue weighted by Crippen LogP contribution is 2.21. The molecule has 0 aromatic carbocycles. The van der Waals surface area contributed by atoms with Crippen molar-refractivity contribution in [2.24, 2.45) is 7.05 Å². The molecule has 2 aromatic rings. The van der Waals surface area contributed by atoms with Gasteiger partial charge in [0, 0.05) is 14.1 Å². The lowest BCUT2D eigenvalue weighted by atomic mass is 10.2. The summed E-state index contributed by atoms with van der Waals surface area (Å²) >= 11 is 0. The van der Waals surface area contributed by atoms with Crippen LogP contribution in [-0.4, -0.2) is 45.3 Å². The molecule has 1 amide bonds. The Kier molecular flexibility index (Phi) is 4.96. The van der Waals surface area contributed by atoms with Gasteiger partial charge in [0.05, 0.1) is 12.2 Å². The van der Waals surface area contributed by atoms with E-state index in [4.69, 9.17) is 14.3 Å². The monoisotopic (exact) mass is 335 g/mol. The Morgan fingerprint density at radius 3 is 2.54 bits per heavy atom. The number of furan rings is 1. The van der Waals surface area contributed by atoms with E-state index >= 15 is 0 Å². The van der Waals surface area contributed by atoms with Crippen LogP contribution in [0.15, 0.2) is 10.5 Å². The van der Waals surface area contributed by atoms with Crippen molar-refractivity contribution in [1.82, 2.24) is 14.7 Å². The Hall–Kier alpha value is -2.77. The molecule has 0 radical (unpaired) electrons. The highest BCUT2D eigenvalue weighted by Gasteiger charge is 2.18. The van der Waals surface area contributed by atoms with Crippen LogP contribution < -0.4 is 4.74 Å². The van der Waals surface area contributed by atoms with Gasteiger partial charge in [0.15, 0.2) is 12.4 Å². The first kappa shape index (κ1) is 17.6. The van der Waals surface area contributed by atoms with E-state index in [1.54, 1.807) is 18.7 Å². The third-order valence-electron chi connectivity index (χ3n) is 3.80. The van der Waals surface area contributed by atoms with Crippen LogP contribution in [0.1, 0.15) is 33.3 Å². The number of carbonyl (C=O) groups excluding carboxylic acids is 1. The Morgan fingerprint density at radius 2 is 2.04 bits per heavy atom. The maximum absolute atomic E-state index is 12.2. The van der Waals surface area contributed by atoms with Crippen LogP contribution in [0.25, 0.3) is 0 Å². The van der Waals surface area contributed by atoms with Crippen LogP contribution in [0, 0.1) is 20.8 Å². The molecular weight excluding hydrogens is 314 g/mol. The van der Waals surface area contributed by atoms with Crippen LogP contribution in [0.2, 0.25) is 0 Å². The van der Waals surface area contributed by atoms with Crippen molar-refractivity contribution in [1.29, 1.82) is 0 Å². The van der Waals surface area contributed by atoms with Crippen molar-refractivity contribution in [3.63, 3.8) is 0 Å². The number of hydrogen-bond donors (Lipinski definition) is 1. The molecule has 0 aliphatic carbocycles. The van der Waals surface area contributed by atoms with E-state index in [9.17, 15) is 9.59 Å². The largest absolute Gasteiger partial charge is 0.480 e. The summed E-state index contributed by atoms with van der Waals surface area (Å²) in [6.07, 6.45) is 0. The molecule has 0 aliphatic heterocycles. The third kappa shape index (κ3) is 3.58. The van der Waals surface area contributed by atoms with Gasteiger partial charge in [-0.1, -0.05) is 0 Å². The van der Waals surface area contributed by atoms with Crippen LogP contribution >= 0.6 is 0 Å². The van der Waals surface area contributed by atoms with Crippen molar-refractivity contribution < 1.29 is 23.8 Å². The highest BCUT2D eigenvalue weighted by molar-refractivity contribution is 5.88. The summed E-state index contributed by atoms with van der Waals surface area (Å²) in [5, 5.41) is 13.2. The summed E-state index contributed by atoms with van der Waals surface area (Å²) in [7, 11) is 3.41. The van der Waals surface area contributed by atoms with E-state index in [-0.39, 0.29) is 24.6 Å². The first-order chi connectivity index (χ1) is 11.2. The molecular formula is C16H21N3O5. The Morgan fingerprint density at radius 1 is 1.38 bits per heavy atom. The second-order valence-corrected chi connectivity index (χ2v) is 5.65. The van der Waals surface area contributed by atoms with Crippen LogP contribution in [-0.2, 0) is 18.4 Å². The number of ether oxygens (including phenoxy) is 1. The first-order valence-electron chi connectivity index (χ1n) is 7.40. The molecule has 2 rings (SSSR count). The Bertz CT molecular complexity index is 775. The van der Waals surface area contributed by atoms with Gasteiger partial charge in [0.1, 0.15) is 22.8 Å². The smallest absolute Gasteiger partial charge is 0.339 e. The second-order valence-electron chi connectivity index (χ2n) is 5.65. The van der Waals surface area contributed by atoms with Gasteiger partial charge in [0.2, 0.25) is 0 Å². The molecule has 1 N–H and O–H groups in total. The van der Waals surface area contributed by atoms with E-state index < -0.39 is 5.97 Å². The number of aromatic nitrogens is 2. The minimum absolute atomic E-state index is 0.101. The Balaban J connectivity index is 1.97. The lowest BCUT2D eigenvalue weighted by molar-refractivity contribution is -0.132. The number of carbonyl (C=O) groups is 2. The minimum atomic E-state index is -1.05. The molecule has 0 saturated heterocycles. The van der Waals surface area contributed by atoms with Crippen molar-refractivity contribution in [3.8, 4) is 5.75 Å². The lowest BCUT2D eigenvalue weighted by Gasteiger charge is -2.16. The number of hydrogen-bond acceptors (Lipinski definition) is 5. The highest BCUT2D eigenvalue weighted by atomic mass is 16.5. The topological polar surface area (TPSA) is 97.8 Å². The van der Waals surface area contributed by atoms with E-state index in [0.717, 1.165) is 11.4 Å². The minimum Gasteiger partial charge on any atom is -0.480 e. The van der Waals surface area contributed by atoms with Gasteiger partial charge in [-0.3, -0.25) is 9.48 Å². The van der Waals surface area contributed by atoms with Crippen molar-refractivity contribution in [2.45, 2.75) is 27.3 Å².